The van der Waals surface area contributed by atoms with E-state index in [0.29, 0.717) is 18.1 Å². The molecule has 20 heavy (non-hydrogen) atoms. The van der Waals surface area contributed by atoms with Gasteiger partial charge in [-0.1, -0.05) is 20.8 Å². The van der Waals surface area contributed by atoms with Crippen molar-refractivity contribution in [3.05, 3.63) is 11.3 Å². The summed E-state index contributed by atoms with van der Waals surface area (Å²) in [7, 11) is 2.08. The van der Waals surface area contributed by atoms with Crippen LogP contribution in [0.3, 0.4) is 0 Å². The number of aryl methyl sites for hydroxylation is 2. The lowest BCUT2D eigenvalue weighted by atomic mass is 10.1. The standard InChI is InChI=1S/C16H30N4/c1-7-14-9-8-12(4)20(14)16-15(10-17-11(2)3)13(5)18-19(16)6/h11-12,14,17H,7-10H2,1-6H3. The van der Waals surface area contributed by atoms with Crippen LogP contribution in [0, 0.1) is 6.92 Å². The molecule has 2 unspecified atom stereocenters. The highest BCUT2D eigenvalue weighted by Gasteiger charge is 2.33. The normalized spacial score (nSPS) is 23.1. The Hall–Kier alpha value is -1.03. The molecular formula is C16H30N4. The molecule has 2 heterocycles. The minimum Gasteiger partial charge on any atom is -0.351 e. The summed E-state index contributed by atoms with van der Waals surface area (Å²) in [5.74, 6) is 1.33. The number of nitrogens with one attached hydrogen (secondary N) is 1. The summed E-state index contributed by atoms with van der Waals surface area (Å²) in [5, 5.41) is 8.22. The topological polar surface area (TPSA) is 33.1 Å². The van der Waals surface area contributed by atoms with Gasteiger partial charge in [-0.15, -0.1) is 0 Å². The second-order valence-corrected chi connectivity index (χ2v) is 6.44. The van der Waals surface area contributed by atoms with Crippen LogP contribution < -0.4 is 10.2 Å². The summed E-state index contributed by atoms with van der Waals surface area (Å²) in [5.41, 5.74) is 2.53. The number of anilines is 1. The largest absolute Gasteiger partial charge is 0.351 e. The van der Waals surface area contributed by atoms with Crippen LogP contribution in [0.5, 0.6) is 0 Å². The van der Waals surface area contributed by atoms with Gasteiger partial charge in [0.1, 0.15) is 5.82 Å². The fraction of sp³-hybridized carbons (Fsp3) is 0.812. The number of hydrogen-bond donors (Lipinski definition) is 1. The second kappa shape index (κ2) is 6.17. The van der Waals surface area contributed by atoms with Crippen LogP contribution in [0.25, 0.3) is 0 Å². The van der Waals surface area contributed by atoms with E-state index in [1.807, 2.05) is 0 Å². The van der Waals surface area contributed by atoms with Crippen molar-refractivity contribution < 1.29 is 0 Å². The molecule has 4 heteroatoms. The summed E-state index contributed by atoms with van der Waals surface area (Å²) in [6, 6.07) is 1.78. The quantitative estimate of drug-likeness (QED) is 0.899. The zero-order valence-electron chi connectivity index (χ0n) is 13.9. The van der Waals surface area contributed by atoms with E-state index in [-0.39, 0.29) is 0 Å². The van der Waals surface area contributed by atoms with Crippen molar-refractivity contribution in [1.82, 2.24) is 15.1 Å². The molecule has 1 aliphatic heterocycles. The van der Waals surface area contributed by atoms with E-state index in [0.717, 1.165) is 12.2 Å². The van der Waals surface area contributed by atoms with Crippen LogP contribution in [0.1, 0.15) is 58.2 Å². The van der Waals surface area contributed by atoms with Crippen molar-refractivity contribution in [3.63, 3.8) is 0 Å². The van der Waals surface area contributed by atoms with E-state index in [1.54, 1.807) is 0 Å². The fourth-order valence-corrected chi connectivity index (χ4v) is 3.38. The molecule has 2 atom stereocenters. The van der Waals surface area contributed by atoms with Crippen LogP contribution in [0.15, 0.2) is 0 Å². The van der Waals surface area contributed by atoms with Crippen molar-refractivity contribution in [2.75, 3.05) is 4.90 Å². The Morgan fingerprint density at radius 3 is 2.65 bits per heavy atom. The zero-order chi connectivity index (χ0) is 14.9. The first-order chi connectivity index (χ1) is 9.45. The first kappa shape index (κ1) is 15.4. The van der Waals surface area contributed by atoms with Gasteiger partial charge in [0.2, 0.25) is 0 Å². The third-order valence-corrected chi connectivity index (χ3v) is 4.50. The van der Waals surface area contributed by atoms with Crippen molar-refractivity contribution in [1.29, 1.82) is 0 Å². The molecule has 1 saturated heterocycles. The van der Waals surface area contributed by atoms with Gasteiger partial charge >= 0.3 is 0 Å². The summed E-state index contributed by atoms with van der Waals surface area (Å²) in [4.78, 5) is 2.61. The maximum absolute atomic E-state index is 4.67. The second-order valence-electron chi connectivity index (χ2n) is 6.44. The van der Waals surface area contributed by atoms with Crippen molar-refractivity contribution in [3.8, 4) is 0 Å². The van der Waals surface area contributed by atoms with Gasteiger partial charge in [0.15, 0.2) is 0 Å². The van der Waals surface area contributed by atoms with E-state index < -0.39 is 0 Å². The smallest absolute Gasteiger partial charge is 0.131 e. The molecule has 114 valence electrons. The minimum atomic E-state index is 0.500. The number of hydrogen-bond acceptors (Lipinski definition) is 3. The van der Waals surface area contributed by atoms with Crippen LogP contribution in [-0.4, -0.2) is 27.9 Å². The van der Waals surface area contributed by atoms with Gasteiger partial charge in [0, 0.05) is 37.3 Å². The minimum absolute atomic E-state index is 0.500. The highest BCUT2D eigenvalue weighted by molar-refractivity contribution is 5.53. The molecule has 0 aliphatic carbocycles. The molecule has 0 spiro atoms. The third kappa shape index (κ3) is 2.85. The lowest BCUT2D eigenvalue weighted by Gasteiger charge is -2.31. The molecule has 2 rings (SSSR count). The van der Waals surface area contributed by atoms with Crippen molar-refractivity contribution in [2.24, 2.45) is 7.05 Å². The SMILES string of the molecule is CCC1CCC(C)N1c1c(CNC(C)C)c(C)nn1C. The molecule has 1 aromatic heterocycles. The van der Waals surface area contributed by atoms with Crippen molar-refractivity contribution in [2.45, 2.75) is 78.6 Å². The van der Waals surface area contributed by atoms with Crippen LogP contribution >= 0.6 is 0 Å². The lowest BCUT2D eigenvalue weighted by molar-refractivity contribution is 0.573. The predicted octanol–water partition coefficient (Wildman–Crippen LogP) is 2.99. The van der Waals surface area contributed by atoms with Gasteiger partial charge in [0.25, 0.3) is 0 Å². The Labute approximate surface area is 123 Å². The Kier molecular flexibility index (Phi) is 4.74. The molecule has 0 amide bonds. The maximum Gasteiger partial charge on any atom is 0.131 e. The van der Waals surface area contributed by atoms with E-state index in [2.05, 4.69) is 61.7 Å². The van der Waals surface area contributed by atoms with E-state index in [1.165, 1.54) is 30.6 Å². The molecule has 4 nitrogen and oxygen atoms in total. The monoisotopic (exact) mass is 278 g/mol. The first-order valence-electron chi connectivity index (χ1n) is 7.99. The van der Waals surface area contributed by atoms with E-state index in [9.17, 15) is 0 Å². The molecule has 1 N–H and O–H groups in total. The van der Waals surface area contributed by atoms with Gasteiger partial charge < -0.3 is 10.2 Å². The fourth-order valence-electron chi connectivity index (χ4n) is 3.38. The predicted molar refractivity (Wildman–Crippen MR) is 85.2 cm³/mol. The van der Waals surface area contributed by atoms with Crippen molar-refractivity contribution >= 4 is 5.82 Å². The Morgan fingerprint density at radius 2 is 2.05 bits per heavy atom. The van der Waals surface area contributed by atoms with E-state index in [4.69, 9.17) is 0 Å². The van der Waals surface area contributed by atoms with Gasteiger partial charge in [-0.3, -0.25) is 4.68 Å². The molecule has 1 aliphatic rings. The average molecular weight is 278 g/mol. The Morgan fingerprint density at radius 1 is 1.35 bits per heavy atom. The van der Waals surface area contributed by atoms with Crippen LogP contribution in [0.2, 0.25) is 0 Å². The van der Waals surface area contributed by atoms with Crippen LogP contribution in [-0.2, 0) is 13.6 Å². The highest BCUT2D eigenvalue weighted by Crippen LogP contribution is 2.35. The van der Waals surface area contributed by atoms with Gasteiger partial charge in [-0.2, -0.15) is 5.10 Å². The Balaban J connectivity index is 2.34. The number of rotatable bonds is 5. The lowest BCUT2D eigenvalue weighted by Crippen LogP contribution is -2.37. The Bertz CT molecular complexity index is 450. The van der Waals surface area contributed by atoms with Gasteiger partial charge in [-0.05, 0) is 33.1 Å². The number of aromatic nitrogens is 2. The zero-order valence-corrected chi connectivity index (χ0v) is 13.9. The molecule has 0 aromatic carbocycles. The van der Waals surface area contributed by atoms with E-state index >= 15 is 0 Å². The molecular weight excluding hydrogens is 248 g/mol. The first-order valence-corrected chi connectivity index (χ1v) is 7.99. The van der Waals surface area contributed by atoms with Gasteiger partial charge in [0.05, 0.1) is 5.69 Å². The average Bonchev–Trinajstić information content (AvgIpc) is 2.86. The van der Waals surface area contributed by atoms with Crippen LogP contribution in [0.4, 0.5) is 5.82 Å². The molecule has 1 aromatic rings. The van der Waals surface area contributed by atoms with Gasteiger partial charge in [-0.25, -0.2) is 0 Å². The summed E-state index contributed by atoms with van der Waals surface area (Å²) in [6.45, 7) is 12.1. The molecule has 0 saturated carbocycles. The molecule has 1 fully saturated rings. The third-order valence-electron chi connectivity index (χ3n) is 4.50. The number of nitrogens with zero attached hydrogens (tertiary/aromatic N) is 3. The summed E-state index contributed by atoms with van der Waals surface area (Å²) >= 11 is 0. The highest BCUT2D eigenvalue weighted by atomic mass is 15.4. The molecule has 0 bridgehead atoms. The summed E-state index contributed by atoms with van der Waals surface area (Å²) in [6.07, 6.45) is 3.81. The summed E-state index contributed by atoms with van der Waals surface area (Å²) < 4.78 is 2.08. The maximum atomic E-state index is 4.67. The molecule has 0 radical (unpaired) electrons.